The fourth-order valence-corrected chi connectivity index (χ4v) is 2.08. The summed E-state index contributed by atoms with van der Waals surface area (Å²) in [5.74, 6) is 0. The van der Waals surface area contributed by atoms with Crippen LogP contribution in [-0.4, -0.2) is 5.71 Å². The number of hydrogen-bond donors (Lipinski definition) is 0. The zero-order valence-electron chi connectivity index (χ0n) is 12.4. The topological polar surface area (TPSA) is 12.4 Å². The molecule has 1 nitrogen and oxygen atoms in total. The van der Waals surface area contributed by atoms with Crippen LogP contribution in [0.2, 0.25) is 0 Å². The average molecular weight is 221 g/mol. The van der Waals surface area contributed by atoms with Gasteiger partial charge in [0, 0.05) is 16.4 Å². The molecule has 1 heterocycles. The Kier molecular flexibility index (Phi) is 2.90. The van der Waals surface area contributed by atoms with E-state index in [1.54, 1.807) is 0 Å². The van der Waals surface area contributed by atoms with Crippen LogP contribution in [0, 0.1) is 16.2 Å². The van der Waals surface area contributed by atoms with Gasteiger partial charge in [-0.15, -0.1) is 0 Å². The molecule has 1 heteroatoms. The number of allylic oxidation sites excluding steroid dienone is 2. The Labute approximate surface area is 101 Å². The van der Waals surface area contributed by atoms with Gasteiger partial charge in [0.1, 0.15) is 0 Å². The summed E-state index contributed by atoms with van der Waals surface area (Å²) in [5, 5.41) is 0. The fourth-order valence-electron chi connectivity index (χ4n) is 2.08. The van der Waals surface area contributed by atoms with Crippen molar-refractivity contribution >= 4 is 5.71 Å². The van der Waals surface area contributed by atoms with E-state index >= 15 is 0 Å². The van der Waals surface area contributed by atoms with Gasteiger partial charge in [0.25, 0.3) is 0 Å². The lowest BCUT2D eigenvalue weighted by Gasteiger charge is -2.42. The monoisotopic (exact) mass is 221 g/mol. The Morgan fingerprint density at radius 3 is 1.31 bits per heavy atom. The molecule has 0 radical (unpaired) electrons. The molecule has 0 saturated carbocycles. The first-order valence-corrected chi connectivity index (χ1v) is 6.20. The van der Waals surface area contributed by atoms with Crippen LogP contribution in [0.5, 0.6) is 0 Å². The summed E-state index contributed by atoms with van der Waals surface area (Å²) in [6.07, 6.45) is 0. The highest BCUT2D eigenvalue weighted by Gasteiger charge is 2.41. The van der Waals surface area contributed by atoms with Gasteiger partial charge in [-0.2, -0.15) is 0 Å². The highest BCUT2D eigenvalue weighted by atomic mass is 14.9. The summed E-state index contributed by atoms with van der Waals surface area (Å²) in [5.41, 5.74) is 4.60. The van der Waals surface area contributed by atoms with Crippen LogP contribution in [0.3, 0.4) is 0 Å². The van der Waals surface area contributed by atoms with E-state index in [9.17, 15) is 0 Å². The van der Waals surface area contributed by atoms with Crippen molar-refractivity contribution in [1.29, 1.82) is 0 Å². The van der Waals surface area contributed by atoms with Gasteiger partial charge in [0.2, 0.25) is 0 Å². The normalized spacial score (nSPS) is 18.4. The van der Waals surface area contributed by atoms with Crippen molar-refractivity contribution in [3.05, 3.63) is 11.3 Å². The summed E-state index contributed by atoms with van der Waals surface area (Å²) in [6.45, 7) is 20.3. The molecule has 1 aliphatic heterocycles. The number of hydrogen-bond acceptors (Lipinski definition) is 1. The predicted molar refractivity (Wildman–Crippen MR) is 72.8 cm³/mol. The van der Waals surface area contributed by atoms with Crippen molar-refractivity contribution in [1.82, 2.24) is 0 Å². The van der Waals surface area contributed by atoms with Crippen molar-refractivity contribution in [2.75, 3.05) is 0 Å². The number of rotatable bonds is 0. The molecule has 0 aromatic heterocycles. The Balaban J connectivity index is 3.20. The molecule has 92 valence electrons. The number of nitrogens with zero attached hydrogens (tertiary/aromatic N) is 1. The highest BCUT2D eigenvalue weighted by Crippen LogP contribution is 2.47. The van der Waals surface area contributed by atoms with Gasteiger partial charge in [-0.3, -0.25) is 4.99 Å². The van der Waals surface area contributed by atoms with Crippen LogP contribution in [0.1, 0.15) is 62.3 Å². The van der Waals surface area contributed by atoms with E-state index in [1.807, 2.05) is 0 Å². The first-order valence-electron chi connectivity index (χ1n) is 6.20. The molecule has 1 aliphatic rings. The highest BCUT2D eigenvalue weighted by molar-refractivity contribution is 6.10. The quantitative estimate of drug-likeness (QED) is 0.555. The molecule has 0 atom stereocenters. The predicted octanol–water partition coefficient (Wildman–Crippen LogP) is 4.83. The maximum atomic E-state index is 4.81. The van der Waals surface area contributed by atoms with Gasteiger partial charge in [0.15, 0.2) is 0 Å². The summed E-state index contributed by atoms with van der Waals surface area (Å²) in [7, 11) is 0. The summed E-state index contributed by atoms with van der Waals surface area (Å²) >= 11 is 0. The van der Waals surface area contributed by atoms with E-state index in [0.717, 1.165) is 0 Å². The second-order valence-corrected chi connectivity index (χ2v) is 7.93. The molecule has 0 saturated heterocycles. The molecule has 0 aromatic rings. The third-order valence-electron chi connectivity index (χ3n) is 2.87. The lowest BCUT2D eigenvalue weighted by atomic mass is 9.67. The SMILES string of the molecule is CC(C)(C)C1=NC(C(C)(C)C)=C1C(C)(C)C. The molecule has 0 amide bonds. The average Bonchev–Trinajstić information content (AvgIpc) is 1.68. The van der Waals surface area contributed by atoms with Crippen LogP contribution in [-0.2, 0) is 0 Å². The smallest absolute Gasteiger partial charge is 0.0516 e. The molecule has 0 aromatic carbocycles. The van der Waals surface area contributed by atoms with Crippen molar-refractivity contribution < 1.29 is 0 Å². The first-order chi connectivity index (χ1) is 6.85. The Morgan fingerprint density at radius 1 is 0.625 bits per heavy atom. The molecule has 1 rings (SSSR count). The molecular formula is C15H27N. The molecule has 0 fully saturated rings. The van der Waals surface area contributed by atoms with Gasteiger partial charge in [-0.25, -0.2) is 0 Å². The zero-order chi connectivity index (χ0) is 12.9. The molecule has 16 heavy (non-hydrogen) atoms. The second kappa shape index (κ2) is 3.45. The van der Waals surface area contributed by atoms with Crippen LogP contribution in [0.15, 0.2) is 16.3 Å². The summed E-state index contributed by atoms with van der Waals surface area (Å²) in [6, 6.07) is 0. The minimum Gasteiger partial charge on any atom is -0.256 e. The number of aliphatic imine (C=N–C) groups is 1. The Hall–Kier alpha value is -0.590. The van der Waals surface area contributed by atoms with Gasteiger partial charge in [-0.1, -0.05) is 62.3 Å². The van der Waals surface area contributed by atoms with E-state index in [4.69, 9.17) is 4.99 Å². The van der Waals surface area contributed by atoms with Crippen molar-refractivity contribution in [3.8, 4) is 0 Å². The molecule has 0 unspecified atom stereocenters. The lowest BCUT2D eigenvalue weighted by Crippen LogP contribution is -2.38. The lowest BCUT2D eigenvalue weighted by molar-refractivity contribution is 0.426. The minimum absolute atomic E-state index is 0.164. The maximum Gasteiger partial charge on any atom is 0.0516 e. The zero-order valence-corrected chi connectivity index (χ0v) is 12.4. The fraction of sp³-hybridized carbons (Fsp3) is 0.800. The van der Waals surface area contributed by atoms with E-state index in [1.165, 1.54) is 17.0 Å². The van der Waals surface area contributed by atoms with E-state index in [-0.39, 0.29) is 16.2 Å². The van der Waals surface area contributed by atoms with Crippen LogP contribution >= 0.6 is 0 Å². The molecular weight excluding hydrogens is 194 g/mol. The second-order valence-electron chi connectivity index (χ2n) is 7.93. The third-order valence-corrected chi connectivity index (χ3v) is 2.87. The maximum absolute atomic E-state index is 4.81. The standard InChI is InChI=1S/C15H27N/c1-13(2,3)10-11(14(4,5)6)16-12(10)15(7,8)9/h1-9H3. The Morgan fingerprint density at radius 2 is 1.06 bits per heavy atom. The van der Waals surface area contributed by atoms with Crippen molar-refractivity contribution in [3.63, 3.8) is 0 Å². The van der Waals surface area contributed by atoms with Crippen LogP contribution in [0.4, 0.5) is 0 Å². The van der Waals surface area contributed by atoms with E-state index < -0.39 is 0 Å². The van der Waals surface area contributed by atoms with Crippen molar-refractivity contribution in [2.24, 2.45) is 21.2 Å². The van der Waals surface area contributed by atoms with Crippen LogP contribution in [0.25, 0.3) is 0 Å². The molecule has 0 N–H and O–H groups in total. The Bertz CT molecular complexity index is 348. The molecule has 0 bridgehead atoms. The van der Waals surface area contributed by atoms with E-state index in [0.29, 0.717) is 0 Å². The largest absolute Gasteiger partial charge is 0.256 e. The first kappa shape index (κ1) is 13.5. The minimum atomic E-state index is 0.164. The third kappa shape index (κ3) is 2.39. The van der Waals surface area contributed by atoms with E-state index in [2.05, 4.69) is 62.3 Å². The van der Waals surface area contributed by atoms with Crippen molar-refractivity contribution in [2.45, 2.75) is 62.3 Å². The van der Waals surface area contributed by atoms with Gasteiger partial charge in [-0.05, 0) is 5.41 Å². The van der Waals surface area contributed by atoms with Gasteiger partial charge in [0.05, 0.1) is 11.4 Å². The molecule has 0 aliphatic carbocycles. The summed E-state index contributed by atoms with van der Waals surface area (Å²) in [4.78, 5) is 4.81. The van der Waals surface area contributed by atoms with Gasteiger partial charge < -0.3 is 0 Å². The molecule has 0 spiro atoms. The summed E-state index contributed by atoms with van der Waals surface area (Å²) < 4.78 is 0. The van der Waals surface area contributed by atoms with Gasteiger partial charge >= 0.3 is 0 Å². The van der Waals surface area contributed by atoms with Crippen LogP contribution < -0.4 is 0 Å².